The Morgan fingerprint density at radius 1 is 1.18 bits per heavy atom. The maximum Gasteiger partial charge on any atom is 0.213 e. The highest BCUT2D eigenvalue weighted by Gasteiger charge is 2.43. The maximum atomic E-state index is 12.1. The molecule has 158 valence electrons. The molecule has 3 rings (SSSR count). The molecule has 0 heterocycles. The van der Waals surface area contributed by atoms with Gasteiger partial charge in [0.25, 0.3) is 0 Å². The van der Waals surface area contributed by atoms with Crippen LogP contribution >= 0.6 is 24.0 Å². The third-order valence-corrected chi connectivity index (χ3v) is 6.95. The van der Waals surface area contributed by atoms with E-state index in [1.165, 1.54) is 12.0 Å². The van der Waals surface area contributed by atoms with Crippen LogP contribution < -0.4 is 15.4 Å². The van der Waals surface area contributed by atoms with Crippen LogP contribution in [0.1, 0.15) is 44.6 Å². The average molecular weight is 520 g/mol. The number of benzene rings is 1. The number of guanidine groups is 1. The van der Waals surface area contributed by atoms with Crippen molar-refractivity contribution in [1.29, 1.82) is 0 Å². The van der Waals surface area contributed by atoms with E-state index in [4.69, 9.17) is 4.99 Å². The van der Waals surface area contributed by atoms with E-state index in [0.717, 1.165) is 38.8 Å². The van der Waals surface area contributed by atoms with Gasteiger partial charge in [-0.2, -0.15) is 0 Å². The quantitative estimate of drug-likeness (QED) is 0.252. The van der Waals surface area contributed by atoms with Gasteiger partial charge in [-0.25, -0.2) is 13.1 Å². The smallest absolute Gasteiger partial charge is 0.213 e. The molecule has 2 fully saturated rings. The lowest BCUT2D eigenvalue weighted by Crippen LogP contribution is -2.42. The summed E-state index contributed by atoms with van der Waals surface area (Å²) in [5, 5.41) is 6.38. The van der Waals surface area contributed by atoms with Crippen LogP contribution in [0.5, 0.6) is 0 Å². The molecule has 0 atom stereocenters. The minimum absolute atomic E-state index is 0. The molecule has 6 nitrogen and oxygen atoms in total. The van der Waals surface area contributed by atoms with Crippen molar-refractivity contribution in [2.45, 2.75) is 44.4 Å². The Hall–Kier alpha value is -0.870. The number of sulfonamides is 1. The Kier molecular flexibility index (Phi) is 9.01. The fourth-order valence-electron chi connectivity index (χ4n) is 3.37. The summed E-state index contributed by atoms with van der Waals surface area (Å²) in [6, 6.07) is 10.5. The number of hydrogen-bond acceptors (Lipinski definition) is 3. The van der Waals surface area contributed by atoms with Crippen LogP contribution in [0.15, 0.2) is 35.3 Å². The van der Waals surface area contributed by atoms with Crippen molar-refractivity contribution < 1.29 is 8.42 Å². The van der Waals surface area contributed by atoms with Crippen LogP contribution in [0, 0.1) is 5.92 Å². The monoisotopic (exact) mass is 520 g/mol. The molecular weight excluding hydrogens is 487 g/mol. The number of aliphatic imine (C=N–C) groups is 1. The molecule has 0 spiro atoms. The van der Waals surface area contributed by atoms with Crippen molar-refractivity contribution in [3.05, 3.63) is 35.9 Å². The molecule has 2 aliphatic rings. The second kappa shape index (κ2) is 10.8. The average Bonchev–Trinajstić information content (AvgIpc) is 3.40. The van der Waals surface area contributed by atoms with Crippen molar-refractivity contribution in [3.63, 3.8) is 0 Å². The van der Waals surface area contributed by atoms with E-state index in [2.05, 4.69) is 39.6 Å². The van der Waals surface area contributed by atoms with E-state index < -0.39 is 10.0 Å². The summed E-state index contributed by atoms with van der Waals surface area (Å²) in [5.41, 5.74) is 1.49. The molecule has 1 aromatic rings. The zero-order chi connectivity index (χ0) is 19.2. The predicted octanol–water partition coefficient (Wildman–Crippen LogP) is 2.61. The zero-order valence-electron chi connectivity index (χ0n) is 16.6. The predicted molar refractivity (Wildman–Crippen MR) is 126 cm³/mol. The normalized spacial score (nSPS) is 18.7. The highest BCUT2D eigenvalue weighted by Crippen LogP contribution is 2.48. The topological polar surface area (TPSA) is 82.6 Å². The van der Waals surface area contributed by atoms with Crippen molar-refractivity contribution in [2.24, 2.45) is 10.9 Å². The molecule has 28 heavy (non-hydrogen) atoms. The van der Waals surface area contributed by atoms with Crippen LogP contribution in [0.2, 0.25) is 0 Å². The van der Waals surface area contributed by atoms with Gasteiger partial charge in [0.05, 0.1) is 12.3 Å². The summed E-state index contributed by atoms with van der Waals surface area (Å²) < 4.78 is 27.0. The lowest BCUT2D eigenvalue weighted by Gasteiger charge is -2.25. The Bertz CT molecular complexity index is 732. The molecule has 0 amide bonds. The van der Waals surface area contributed by atoms with E-state index >= 15 is 0 Å². The van der Waals surface area contributed by atoms with Gasteiger partial charge in [0.1, 0.15) is 0 Å². The number of hydrogen-bond donors (Lipinski definition) is 3. The van der Waals surface area contributed by atoms with Gasteiger partial charge in [-0.1, -0.05) is 36.8 Å². The van der Waals surface area contributed by atoms with Crippen LogP contribution in [0.25, 0.3) is 0 Å². The van der Waals surface area contributed by atoms with Crippen LogP contribution in [-0.2, 0) is 15.4 Å². The van der Waals surface area contributed by atoms with E-state index in [1.54, 1.807) is 0 Å². The van der Waals surface area contributed by atoms with Gasteiger partial charge < -0.3 is 10.6 Å². The summed E-state index contributed by atoms with van der Waals surface area (Å²) in [6.45, 7) is 4.41. The van der Waals surface area contributed by atoms with E-state index in [-0.39, 0.29) is 35.1 Å². The minimum atomic E-state index is -3.23. The largest absolute Gasteiger partial charge is 0.357 e. The number of nitrogens with zero attached hydrogens (tertiary/aromatic N) is 1. The highest BCUT2D eigenvalue weighted by atomic mass is 127. The van der Waals surface area contributed by atoms with E-state index in [1.807, 2.05) is 13.0 Å². The van der Waals surface area contributed by atoms with Crippen LogP contribution in [-0.4, -0.2) is 46.3 Å². The minimum Gasteiger partial charge on any atom is -0.357 e. The number of nitrogens with one attached hydrogen (secondary N) is 3. The van der Waals surface area contributed by atoms with Crippen molar-refractivity contribution in [1.82, 2.24) is 15.4 Å². The second-order valence-corrected chi connectivity index (χ2v) is 9.66. The SMILES string of the molecule is CCNC(=NCC1(c2ccccc2)CC1)NCCS(=O)(=O)NCC1CCC1.I. The zero-order valence-corrected chi connectivity index (χ0v) is 19.8. The van der Waals surface area contributed by atoms with Gasteiger partial charge in [-0.05, 0) is 44.1 Å². The Morgan fingerprint density at radius 2 is 1.89 bits per heavy atom. The first-order valence-electron chi connectivity index (χ1n) is 10.1. The first kappa shape index (κ1) is 23.4. The first-order chi connectivity index (χ1) is 13.0. The lowest BCUT2D eigenvalue weighted by atomic mass is 9.86. The standard InChI is InChI=1S/C20H32N4O2S.HI/c1-2-21-19(22-13-14-27(25,26)24-15-17-7-6-8-17)23-16-20(11-12-20)18-9-4-3-5-10-18;/h3-5,9-10,17,24H,2,6-8,11-16H2,1H3,(H2,21,22,23);1H. The van der Waals surface area contributed by atoms with Crippen LogP contribution in [0.3, 0.4) is 0 Å². The Morgan fingerprint density at radius 3 is 2.46 bits per heavy atom. The molecule has 0 bridgehead atoms. The van der Waals surface area contributed by atoms with Crippen molar-refractivity contribution in [3.8, 4) is 0 Å². The third kappa shape index (κ3) is 6.88. The molecule has 3 N–H and O–H groups in total. The third-order valence-electron chi connectivity index (χ3n) is 5.60. The van der Waals surface area contributed by atoms with Crippen molar-refractivity contribution >= 4 is 40.0 Å². The molecule has 0 saturated heterocycles. The molecule has 0 radical (unpaired) electrons. The maximum absolute atomic E-state index is 12.1. The molecule has 0 unspecified atom stereocenters. The van der Waals surface area contributed by atoms with Gasteiger partial charge in [-0.15, -0.1) is 24.0 Å². The van der Waals surface area contributed by atoms with E-state index in [9.17, 15) is 8.42 Å². The van der Waals surface area contributed by atoms with Crippen LogP contribution in [0.4, 0.5) is 0 Å². The van der Waals surface area contributed by atoms with Crippen molar-refractivity contribution in [2.75, 3.05) is 31.9 Å². The summed E-state index contributed by atoms with van der Waals surface area (Å²) in [5.74, 6) is 1.28. The summed E-state index contributed by atoms with van der Waals surface area (Å²) in [6.07, 6.45) is 5.81. The molecule has 8 heteroatoms. The molecule has 2 saturated carbocycles. The number of rotatable bonds is 10. The highest BCUT2D eigenvalue weighted by molar-refractivity contribution is 14.0. The van der Waals surface area contributed by atoms with Gasteiger partial charge in [0.2, 0.25) is 10.0 Å². The second-order valence-electron chi connectivity index (χ2n) is 7.73. The lowest BCUT2D eigenvalue weighted by molar-refractivity contribution is 0.316. The first-order valence-corrected chi connectivity index (χ1v) is 11.7. The fraction of sp³-hybridized carbons (Fsp3) is 0.650. The molecule has 0 aromatic heterocycles. The van der Waals surface area contributed by atoms with Gasteiger partial charge in [-0.3, -0.25) is 4.99 Å². The van der Waals surface area contributed by atoms with Gasteiger partial charge in [0.15, 0.2) is 5.96 Å². The molecule has 1 aromatic carbocycles. The summed E-state index contributed by atoms with van der Waals surface area (Å²) in [4.78, 5) is 4.72. The van der Waals surface area contributed by atoms with Gasteiger partial charge in [0, 0.05) is 25.0 Å². The summed E-state index contributed by atoms with van der Waals surface area (Å²) >= 11 is 0. The Balaban J connectivity index is 0.00000280. The fourth-order valence-corrected chi connectivity index (χ4v) is 4.38. The summed E-state index contributed by atoms with van der Waals surface area (Å²) in [7, 11) is -3.23. The van der Waals surface area contributed by atoms with E-state index in [0.29, 0.717) is 25.0 Å². The number of halogens is 1. The molecular formula is C20H33IN4O2S. The molecule has 2 aliphatic carbocycles. The molecule has 0 aliphatic heterocycles. The Labute approximate surface area is 186 Å². The van der Waals surface area contributed by atoms with Gasteiger partial charge >= 0.3 is 0 Å².